The summed E-state index contributed by atoms with van der Waals surface area (Å²) < 4.78 is 12.7. The molecule has 0 amide bonds. The Morgan fingerprint density at radius 1 is 1.10 bits per heavy atom. The number of methoxy groups -OCH3 is 1. The molecule has 4 rings (SSSR count). The van der Waals surface area contributed by atoms with E-state index in [0.717, 1.165) is 31.2 Å². The zero-order chi connectivity index (χ0) is 20.5. The van der Waals surface area contributed by atoms with Crippen LogP contribution in [0.2, 0.25) is 0 Å². The number of fused-ring (bicyclic) bond motifs is 1. The van der Waals surface area contributed by atoms with Crippen molar-refractivity contribution in [3.05, 3.63) is 68.6 Å². The Balaban J connectivity index is 1.72. The number of hydrogen-bond donors (Lipinski definition) is 1. The predicted octanol–water partition coefficient (Wildman–Crippen LogP) is 6.79. The Kier molecular flexibility index (Phi) is 5.43. The first-order valence-electron chi connectivity index (χ1n) is 8.72. The zero-order valence-corrected chi connectivity index (χ0v) is 18.8. The second kappa shape index (κ2) is 8.00. The number of oxazole rings is 1. The van der Waals surface area contributed by atoms with Gasteiger partial charge in [-0.05, 0) is 70.9 Å². The van der Waals surface area contributed by atoms with Gasteiger partial charge in [-0.1, -0.05) is 22.0 Å². The molecule has 0 radical (unpaired) electrons. The van der Waals surface area contributed by atoms with Gasteiger partial charge in [-0.3, -0.25) is 4.99 Å². The van der Waals surface area contributed by atoms with Gasteiger partial charge >= 0.3 is 0 Å². The molecular formula is C22H16Br2N2O3. The average molecular weight is 516 g/mol. The standard InChI is InChI=1S/C22H16Br2N2O3/c1-12-3-6-19-18(7-12)26-22(29-19)13-4-5-16(24)17(9-13)25-11-14-8-15(23)10-20(28-2)21(14)27/h3-11,27H,1-2H3. The van der Waals surface area contributed by atoms with Crippen molar-refractivity contribution in [2.24, 2.45) is 4.99 Å². The van der Waals surface area contributed by atoms with Crippen molar-refractivity contribution in [3.63, 3.8) is 0 Å². The van der Waals surface area contributed by atoms with E-state index in [4.69, 9.17) is 9.15 Å². The van der Waals surface area contributed by atoms with Gasteiger partial charge in [-0.25, -0.2) is 4.98 Å². The number of aliphatic imine (C=N–C) groups is 1. The van der Waals surface area contributed by atoms with E-state index in [1.165, 1.54) is 7.11 Å². The van der Waals surface area contributed by atoms with Gasteiger partial charge in [0, 0.05) is 26.3 Å². The maximum Gasteiger partial charge on any atom is 0.227 e. The third-order valence-electron chi connectivity index (χ3n) is 4.37. The third-order valence-corrected chi connectivity index (χ3v) is 5.50. The molecule has 1 heterocycles. The maximum atomic E-state index is 10.3. The molecule has 1 N–H and O–H groups in total. The summed E-state index contributed by atoms with van der Waals surface area (Å²) in [5.74, 6) is 0.929. The molecule has 0 aliphatic heterocycles. The van der Waals surface area contributed by atoms with Crippen LogP contribution in [0.1, 0.15) is 11.1 Å². The van der Waals surface area contributed by atoms with Crippen LogP contribution in [0.15, 0.2) is 66.9 Å². The first-order chi connectivity index (χ1) is 13.9. The molecule has 4 aromatic rings. The molecule has 3 aromatic carbocycles. The van der Waals surface area contributed by atoms with Crippen LogP contribution in [-0.4, -0.2) is 23.4 Å². The number of phenolic OH excluding ortho intramolecular Hbond substituents is 1. The first-order valence-corrected chi connectivity index (χ1v) is 10.3. The number of nitrogens with zero attached hydrogens (tertiary/aromatic N) is 2. The number of benzene rings is 3. The Morgan fingerprint density at radius 3 is 2.72 bits per heavy atom. The molecular weight excluding hydrogens is 500 g/mol. The van der Waals surface area contributed by atoms with Crippen molar-refractivity contribution in [1.82, 2.24) is 4.98 Å². The molecule has 0 bridgehead atoms. The molecule has 0 unspecified atom stereocenters. The van der Waals surface area contributed by atoms with Crippen LogP contribution < -0.4 is 4.74 Å². The molecule has 5 nitrogen and oxygen atoms in total. The van der Waals surface area contributed by atoms with E-state index in [0.29, 0.717) is 22.9 Å². The van der Waals surface area contributed by atoms with E-state index in [-0.39, 0.29) is 5.75 Å². The van der Waals surface area contributed by atoms with Gasteiger partial charge in [0.15, 0.2) is 17.1 Å². The largest absolute Gasteiger partial charge is 0.504 e. The molecule has 0 atom stereocenters. The average Bonchev–Trinajstić information content (AvgIpc) is 3.12. The lowest BCUT2D eigenvalue weighted by molar-refractivity contribution is 0.373. The second-order valence-electron chi connectivity index (χ2n) is 6.46. The van der Waals surface area contributed by atoms with Crippen molar-refractivity contribution in [1.29, 1.82) is 0 Å². The summed E-state index contributed by atoms with van der Waals surface area (Å²) in [7, 11) is 1.50. The SMILES string of the molecule is COc1cc(Br)cc(C=Nc2cc(-c3nc4cc(C)ccc4o3)ccc2Br)c1O. The maximum absolute atomic E-state index is 10.3. The molecule has 29 heavy (non-hydrogen) atoms. The van der Waals surface area contributed by atoms with Gasteiger partial charge in [0.1, 0.15) is 5.52 Å². The van der Waals surface area contributed by atoms with Gasteiger partial charge in [0.25, 0.3) is 0 Å². The van der Waals surface area contributed by atoms with Gasteiger partial charge in [-0.2, -0.15) is 0 Å². The van der Waals surface area contributed by atoms with Crippen LogP contribution in [0, 0.1) is 6.92 Å². The molecule has 0 aliphatic rings. The molecule has 0 fully saturated rings. The monoisotopic (exact) mass is 514 g/mol. The number of ether oxygens (including phenoxy) is 1. The van der Waals surface area contributed by atoms with Crippen molar-refractivity contribution >= 4 is 54.9 Å². The smallest absolute Gasteiger partial charge is 0.227 e. The minimum Gasteiger partial charge on any atom is -0.504 e. The number of halogens is 2. The van der Waals surface area contributed by atoms with Gasteiger partial charge in [-0.15, -0.1) is 0 Å². The fraction of sp³-hybridized carbons (Fsp3) is 0.0909. The molecule has 1 aromatic heterocycles. The summed E-state index contributed by atoms with van der Waals surface area (Å²) in [6.45, 7) is 2.02. The van der Waals surface area contributed by atoms with Crippen LogP contribution in [0.4, 0.5) is 5.69 Å². The zero-order valence-electron chi connectivity index (χ0n) is 15.6. The van der Waals surface area contributed by atoms with E-state index in [2.05, 4.69) is 41.8 Å². The van der Waals surface area contributed by atoms with Gasteiger partial charge in [0.05, 0.1) is 12.8 Å². The van der Waals surface area contributed by atoms with Crippen LogP contribution in [-0.2, 0) is 0 Å². The fourth-order valence-corrected chi connectivity index (χ4v) is 3.70. The Labute approximate surface area is 184 Å². The lowest BCUT2D eigenvalue weighted by Gasteiger charge is -2.07. The highest BCUT2D eigenvalue weighted by Crippen LogP contribution is 2.35. The summed E-state index contributed by atoms with van der Waals surface area (Å²) in [5.41, 5.74) is 4.71. The topological polar surface area (TPSA) is 67.9 Å². The van der Waals surface area contributed by atoms with Crippen LogP contribution in [0.5, 0.6) is 11.5 Å². The van der Waals surface area contributed by atoms with Crippen LogP contribution in [0.25, 0.3) is 22.6 Å². The lowest BCUT2D eigenvalue weighted by atomic mass is 10.2. The summed E-state index contributed by atoms with van der Waals surface area (Å²) >= 11 is 6.93. The molecule has 0 saturated carbocycles. The highest BCUT2D eigenvalue weighted by molar-refractivity contribution is 9.10. The molecule has 0 saturated heterocycles. The number of aromatic hydroxyl groups is 1. The molecule has 0 aliphatic carbocycles. The van der Waals surface area contributed by atoms with Gasteiger partial charge in [0.2, 0.25) is 5.89 Å². The molecule has 0 spiro atoms. The Bertz CT molecular complexity index is 1250. The number of aryl methyl sites for hydroxylation is 1. The third kappa shape index (κ3) is 4.06. The van der Waals surface area contributed by atoms with Crippen molar-refractivity contribution in [3.8, 4) is 23.0 Å². The summed E-state index contributed by atoms with van der Waals surface area (Å²) in [6, 6.07) is 15.0. The van der Waals surface area contributed by atoms with Crippen molar-refractivity contribution < 1.29 is 14.3 Å². The quantitative estimate of drug-likeness (QED) is 0.304. The number of phenols is 1. The van der Waals surface area contributed by atoms with E-state index in [1.807, 2.05) is 43.3 Å². The van der Waals surface area contributed by atoms with E-state index in [1.54, 1.807) is 18.3 Å². The number of rotatable bonds is 4. The minimum atomic E-state index is 0.0287. The summed E-state index contributed by atoms with van der Waals surface area (Å²) in [6.07, 6.45) is 1.59. The summed E-state index contributed by atoms with van der Waals surface area (Å²) in [4.78, 5) is 9.11. The number of hydrogen-bond acceptors (Lipinski definition) is 5. The fourth-order valence-electron chi connectivity index (χ4n) is 2.89. The normalized spacial score (nSPS) is 11.4. The predicted molar refractivity (Wildman–Crippen MR) is 121 cm³/mol. The van der Waals surface area contributed by atoms with Crippen LogP contribution in [0.3, 0.4) is 0 Å². The molecule has 7 heteroatoms. The Hall–Kier alpha value is -2.64. The second-order valence-corrected chi connectivity index (χ2v) is 8.23. The van der Waals surface area contributed by atoms with Gasteiger partial charge < -0.3 is 14.3 Å². The van der Waals surface area contributed by atoms with Crippen molar-refractivity contribution in [2.45, 2.75) is 6.92 Å². The number of aromatic nitrogens is 1. The van der Waals surface area contributed by atoms with E-state index < -0.39 is 0 Å². The highest BCUT2D eigenvalue weighted by Gasteiger charge is 2.11. The first kappa shape index (κ1) is 19.7. The Morgan fingerprint density at radius 2 is 1.93 bits per heavy atom. The highest BCUT2D eigenvalue weighted by atomic mass is 79.9. The van der Waals surface area contributed by atoms with Crippen molar-refractivity contribution in [2.75, 3.05) is 7.11 Å². The van der Waals surface area contributed by atoms with Crippen LogP contribution >= 0.6 is 31.9 Å². The summed E-state index contributed by atoms with van der Waals surface area (Å²) in [5, 5.41) is 10.3. The minimum absolute atomic E-state index is 0.0287. The van der Waals surface area contributed by atoms with E-state index >= 15 is 0 Å². The van der Waals surface area contributed by atoms with E-state index in [9.17, 15) is 5.11 Å². The lowest BCUT2D eigenvalue weighted by Crippen LogP contribution is -1.89. The molecule has 146 valence electrons.